The predicted octanol–water partition coefficient (Wildman–Crippen LogP) is -3.15. The summed E-state index contributed by atoms with van der Waals surface area (Å²) < 4.78 is 8.55. The first kappa shape index (κ1) is 22.5. The van der Waals surface area contributed by atoms with Crippen molar-refractivity contribution in [2.75, 3.05) is 0 Å². The summed E-state index contributed by atoms with van der Waals surface area (Å²) in [4.78, 5) is 25.6. The van der Waals surface area contributed by atoms with Crippen LogP contribution in [0.2, 0.25) is 0 Å². The molecule has 0 radical (unpaired) electrons. The third-order valence-electron chi connectivity index (χ3n) is 0. The molecule has 0 aromatic rings. The van der Waals surface area contributed by atoms with Gasteiger partial charge < -0.3 is 19.2 Å². The Morgan fingerprint density at radius 3 is 1.12 bits per heavy atom. The third-order valence-corrected chi connectivity index (χ3v) is 0. The van der Waals surface area contributed by atoms with Crippen molar-refractivity contribution in [2.24, 2.45) is 0 Å². The van der Waals surface area contributed by atoms with Crippen molar-refractivity contribution in [3.63, 3.8) is 0 Å². The molecule has 1 unspecified atom stereocenters. The maximum atomic E-state index is 8.55. The molecule has 0 saturated carbocycles. The van der Waals surface area contributed by atoms with E-state index in [1.165, 1.54) is 0 Å². The molecule has 0 aromatic carbocycles. The fraction of sp³-hybridized carbons (Fsp3) is 0. The van der Waals surface area contributed by atoms with E-state index in [0.717, 1.165) is 0 Å². The van der Waals surface area contributed by atoms with Crippen LogP contribution < -0.4 is 14.7 Å². The van der Waals surface area contributed by atoms with Gasteiger partial charge in [-0.25, -0.2) is 0 Å². The molecule has 1 atom stereocenters. The maximum absolute atomic E-state index is 8.55. The molecule has 0 saturated heterocycles. The van der Waals surface area contributed by atoms with Gasteiger partial charge in [0.25, 0.3) is 0 Å². The van der Waals surface area contributed by atoms with Crippen molar-refractivity contribution in [3.05, 3.63) is 0 Å². The summed E-state index contributed by atoms with van der Waals surface area (Å²) >= 11 is 0. The van der Waals surface area contributed by atoms with Crippen LogP contribution in [0.4, 0.5) is 0 Å². The molecule has 0 rings (SSSR count). The first-order valence-corrected chi connectivity index (χ1v) is 2.19. The molecule has 0 aliphatic rings. The van der Waals surface area contributed by atoms with Gasteiger partial charge in [0.2, 0.25) is 0 Å². The standard InChI is InChI=1S/Ba.H3O4P.H3P.Y/c;1-5(2,3)4;;/h;(H3,1,2,3,4);1H3;/q+2;;;+3/p-3. The van der Waals surface area contributed by atoms with E-state index in [9.17, 15) is 0 Å². The summed E-state index contributed by atoms with van der Waals surface area (Å²) in [6, 6.07) is 0. The molecule has 0 bridgehead atoms. The Labute approximate surface area is 116 Å². The summed E-state index contributed by atoms with van der Waals surface area (Å²) in [7, 11) is -5.39. The van der Waals surface area contributed by atoms with Gasteiger partial charge in [0.15, 0.2) is 0 Å². The van der Waals surface area contributed by atoms with Crippen LogP contribution in [0, 0.1) is 0 Å². The SMILES string of the molecule is O=P([O-])([O-])[O-].P.[Ba+2].[Y+3]. The van der Waals surface area contributed by atoms with Gasteiger partial charge in [-0.1, -0.05) is 0 Å². The van der Waals surface area contributed by atoms with Gasteiger partial charge in [0.05, 0.1) is 0 Å². The molecular formula is H3BaO4P2Y+2. The molecule has 0 amide bonds. The molecular weight excluding hydrogens is 352 g/mol. The van der Waals surface area contributed by atoms with Crippen LogP contribution in [0.15, 0.2) is 0 Å². The van der Waals surface area contributed by atoms with Crippen LogP contribution in [-0.2, 0) is 37.3 Å². The molecule has 8 heavy (non-hydrogen) atoms. The molecule has 0 N–H and O–H groups in total. The Balaban J connectivity index is -0.0000000267. The van der Waals surface area contributed by atoms with Gasteiger partial charge in [-0.2, -0.15) is 17.7 Å². The molecule has 0 heterocycles. The molecule has 0 fully saturated rings. The van der Waals surface area contributed by atoms with E-state index in [1.54, 1.807) is 0 Å². The number of hydrogen-bond acceptors (Lipinski definition) is 4. The Bertz CT molecular complexity index is 60.2. The first-order chi connectivity index (χ1) is 2.00. The van der Waals surface area contributed by atoms with Gasteiger partial charge in [-0.3, -0.25) is 0 Å². The molecule has 0 aromatic heterocycles. The molecule has 8 heteroatoms. The van der Waals surface area contributed by atoms with Crippen molar-refractivity contribution in [2.45, 2.75) is 0 Å². The maximum Gasteiger partial charge on any atom is 3.00 e. The predicted molar refractivity (Wildman–Crippen MR) is 24.5 cm³/mol. The number of phosphoric acid groups is 1. The van der Waals surface area contributed by atoms with E-state index < -0.39 is 7.82 Å². The Morgan fingerprint density at radius 2 is 1.12 bits per heavy atom. The van der Waals surface area contributed by atoms with Crippen molar-refractivity contribution in [1.29, 1.82) is 0 Å². The van der Waals surface area contributed by atoms with Gasteiger partial charge in [-0.05, 0) is 0 Å². The van der Waals surface area contributed by atoms with Crippen LogP contribution >= 0.6 is 17.7 Å². The van der Waals surface area contributed by atoms with Crippen LogP contribution in [0.25, 0.3) is 0 Å². The van der Waals surface area contributed by atoms with Gasteiger partial charge in [0, 0.05) is 0 Å². The monoisotopic (exact) mass is 356 g/mol. The van der Waals surface area contributed by atoms with Crippen molar-refractivity contribution >= 4 is 66.6 Å². The Kier molecular flexibility index (Phi) is 28.7. The van der Waals surface area contributed by atoms with Crippen LogP contribution in [0.1, 0.15) is 0 Å². The van der Waals surface area contributed by atoms with E-state index in [4.69, 9.17) is 19.2 Å². The number of rotatable bonds is 0. The first-order valence-electron chi connectivity index (χ1n) is 0.730. The van der Waals surface area contributed by atoms with E-state index >= 15 is 0 Å². The Hall–Kier alpha value is 3.22. The molecule has 0 aliphatic carbocycles. The summed E-state index contributed by atoms with van der Waals surface area (Å²) in [6.07, 6.45) is 0. The van der Waals surface area contributed by atoms with Crippen LogP contribution in [-0.4, -0.2) is 48.9 Å². The second kappa shape index (κ2) is 10.2. The second-order valence-corrected chi connectivity index (χ2v) is 1.34. The smallest absolute Gasteiger partial charge is 0.822 e. The van der Waals surface area contributed by atoms with Crippen molar-refractivity contribution in [1.82, 2.24) is 0 Å². The zero-order chi connectivity index (χ0) is 4.50. The fourth-order valence-corrected chi connectivity index (χ4v) is 0. The van der Waals surface area contributed by atoms with Gasteiger partial charge >= 0.3 is 81.6 Å². The Morgan fingerprint density at radius 1 is 1.12 bits per heavy atom. The third kappa shape index (κ3) is 60.2. The fourth-order valence-electron chi connectivity index (χ4n) is 0. The van der Waals surface area contributed by atoms with E-state index in [0.29, 0.717) is 0 Å². The van der Waals surface area contributed by atoms with Crippen molar-refractivity contribution < 1.29 is 52.0 Å². The minimum absolute atomic E-state index is 0. The van der Waals surface area contributed by atoms with Crippen LogP contribution in [0.3, 0.4) is 0 Å². The molecule has 4 nitrogen and oxygen atoms in total. The molecule has 0 spiro atoms. The minimum atomic E-state index is -5.39. The van der Waals surface area contributed by atoms with Crippen molar-refractivity contribution in [3.8, 4) is 0 Å². The van der Waals surface area contributed by atoms with E-state index in [1.807, 2.05) is 0 Å². The minimum Gasteiger partial charge on any atom is -0.822 e. The average Bonchev–Trinajstić information content (AvgIpc) is 0.722. The zero-order valence-electron chi connectivity index (χ0n) is 4.07. The topological polar surface area (TPSA) is 86.2 Å². The quantitative estimate of drug-likeness (QED) is 0.339. The van der Waals surface area contributed by atoms with Gasteiger partial charge in [-0.15, -0.1) is 0 Å². The van der Waals surface area contributed by atoms with E-state index in [2.05, 4.69) is 0 Å². The molecule has 40 valence electrons. The molecule has 0 aliphatic heterocycles. The summed E-state index contributed by atoms with van der Waals surface area (Å²) in [5, 5.41) is 0. The summed E-state index contributed by atoms with van der Waals surface area (Å²) in [5.41, 5.74) is 0. The number of hydrogen-bond donors (Lipinski definition) is 0. The largest absolute Gasteiger partial charge is 3.00 e. The summed E-state index contributed by atoms with van der Waals surface area (Å²) in [6.45, 7) is 0. The van der Waals surface area contributed by atoms with Crippen LogP contribution in [0.5, 0.6) is 0 Å². The summed E-state index contributed by atoms with van der Waals surface area (Å²) in [5.74, 6) is 0. The van der Waals surface area contributed by atoms with E-state index in [-0.39, 0.29) is 91.5 Å². The van der Waals surface area contributed by atoms with Gasteiger partial charge in [0.1, 0.15) is 0 Å². The average molecular weight is 355 g/mol. The normalized spacial score (nSPS) is 7.38. The zero-order valence-corrected chi connectivity index (χ0v) is 13.7. The second-order valence-electron chi connectivity index (χ2n) is 0.447.